The number of nitrogens with zero attached hydrogens (tertiary/aromatic N) is 6. The SMILES string of the molecule is CN=C(C(=O)Nc1ccn2nc(N(C)CCF)nc2c1)C(=CN)C(=O)N1CCOCC1. The Bertz CT molecular complexity index is 1010. The minimum atomic E-state index is -0.584. The van der Waals surface area contributed by atoms with Crippen LogP contribution in [0.4, 0.5) is 16.0 Å². The number of anilines is 2. The number of halogens is 1. The molecule has 2 aromatic heterocycles. The Labute approximate surface area is 178 Å². The molecule has 1 saturated heterocycles. The lowest BCUT2D eigenvalue weighted by atomic mass is 10.1. The van der Waals surface area contributed by atoms with Gasteiger partial charge in [0.15, 0.2) is 5.65 Å². The zero-order valence-electron chi connectivity index (χ0n) is 17.4. The van der Waals surface area contributed by atoms with Crippen LogP contribution in [0.5, 0.6) is 0 Å². The van der Waals surface area contributed by atoms with Gasteiger partial charge in [0.25, 0.3) is 11.8 Å². The molecule has 31 heavy (non-hydrogen) atoms. The molecule has 0 aromatic carbocycles. The molecule has 0 atom stereocenters. The molecule has 0 unspecified atom stereocenters. The van der Waals surface area contributed by atoms with E-state index >= 15 is 0 Å². The van der Waals surface area contributed by atoms with Crippen molar-refractivity contribution in [2.24, 2.45) is 10.7 Å². The van der Waals surface area contributed by atoms with Crippen LogP contribution in [0.25, 0.3) is 5.65 Å². The summed E-state index contributed by atoms with van der Waals surface area (Å²) in [6, 6.07) is 3.24. The van der Waals surface area contributed by atoms with Gasteiger partial charge in [-0.05, 0) is 6.07 Å². The van der Waals surface area contributed by atoms with Crippen LogP contribution >= 0.6 is 0 Å². The van der Waals surface area contributed by atoms with Crippen LogP contribution in [0.1, 0.15) is 0 Å². The first-order chi connectivity index (χ1) is 15.0. The van der Waals surface area contributed by atoms with Crippen molar-refractivity contribution in [2.45, 2.75) is 0 Å². The summed E-state index contributed by atoms with van der Waals surface area (Å²) in [5.41, 5.74) is 6.49. The van der Waals surface area contributed by atoms with E-state index < -0.39 is 12.6 Å². The van der Waals surface area contributed by atoms with E-state index in [0.717, 1.165) is 6.20 Å². The van der Waals surface area contributed by atoms with Crippen LogP contribution in [0.15, 0.2) is 35.1 Å². The predicted molar refractivity (Wildman–Crippen MR) is 114 cm³/mol. The molecule has 1 fully saturated rings. The summed E-state index contributed by atoms with van der Waals surface area (Å²) in [5.74, 6) is -0.601. The summed E-state index contributed by atoms with van der Waals surface area (Å²) in [5, 5.41) is 6.97. The first-order valence-electron chi connectivity index (χ1n) is 9.69. The topological polar surface area (TPSA) is 130 Å². The van der Waals surface area contributed by atoms with Crippen molar-refractivity contribution in [1.82, 2.24) is 19.5 Å². The molecule has 0 spiro atoms. The highest BCUT2D eigenvalue weighted by Crippen LogP contribution is 2.15. The maximum absolute atomic E-state index is 12.8. The maximum Gasteiger partial charge on any atom is 0.274 e. The standard InChI is InChI=1S/C19H25FN8O3/c1-22-16(14(12-21)18(30)27-7-9-31-10-8-27)17(29)23-13-3-5-28-15(11-13)24-19(25-28)26(2)6-4-20/h3,5,11-12H,4,6-10,21H2,1-2H3,(H,23,29). The summed E-state index contributed by atoms with van der Waals surface area (Å²) in [6.07, 6.45) is 2.71. The Morgan fingerprint density at radius 2 is 2.16 bits per heavy atom. The van der Waals surface area contributed by atoms with E-state index in [4.69, 9.17) is 10.5 Å². The van der Waals surface area contributed by atoms with Gasteiger partial charge < -0.3 is 25.6 Å². The monoisotopic (exact) mass is 432 g/mol. The van der Waals surface area contributed by atoms with Gasteiger partial charge in [-0.1, -0.05) is 0 Å². The zero-order chi connectivity index (χ0) is 22.4. The number of amides is 2. The quantitative estimate of drug-likeness (QED) is 0.459. The van der Waals surface area contributed by atoms with Gasteiger partial charge in [-0.15, -0.1) is 5.10 Å². The molecule has 3 rings (SSSR count). The molecule has 3 N–H and O–H groups in total. The lowest BCUT2D eigenvalue weighted by molar-refractivity contribution is -0.130. The molecule has 11 nitrogen and oxygen atoms in total. The largest absolute Gasteiger partial charge is 0.404 e. The number of carbonyl (C=O) groups excluding carboxylic acids is 2. The van der Waals surface area contributed by atoms with Crippen molar-refractivity contribution >= 4 is 34.8 Å². The summed E-state index contributed by atoms with van der Waals surface area (Å²) in [4.78, 5) is 37.1. The minimum Gasteiger partial charge on any atom is -0.404 e. The lowest BCUT2D eigenvalue weighted by Crippen LogP contribution is -2.44. The summed E-state index contributed by atoms with van der Waals surface area (Å²) < 4.78 is 19.3. The van der Waals surface area contributed by atoms with Crippen LogP contribution in [0, 0.1) is 0 Å². The highest BCUT2D eigenvalue weighted by atomic mass is 19.1. The molecule has 1 aliphatic rings. The van der Waals surface area contributed by atoms with Crippen LogP contribution < -0.4 is 16.0 Å². The Balaban J connectivity index is 1.76. The number of fused-ring (bicyclic) bond motifs is 1. The van der Waals surface area contributed by atoms with E-state index in [1.807, 2.05) is 0 Å². The van der Waals surface area contributed by atoms with Crippen LogP contribution in [-0.4, -0.2) is 90.6 Å². The molecule has 2 amide bonds. The Hall–Kier alpha value is -3.54. The second-order valence-electron chi connectivity index (χ2n) is 6.75. The van der Waals surface area contributed by atoms with E-state index in [9.17, 15) is 14.0 Å². The number of hydrogen-bond acceptors (Lipinski definition) is 8. The number of morpholine rings is 1. The second-order valence-corrected chi connectivity index (χ2v) is 6.75. The Morgan fingerprint density at radius 3 is 2.81 bits per heavy atom. The first-order valence-corrected chi connectivity index (χ1v) is 9.69. The maximum atomic E-state index is 12.8. The van der Waals surface area contributed by atoms with Crippen molar-refractivity contribution < 1.29 is 18.7 Å². The number of pyridine rings is 1. The van der Waals surface area contributed by atoms with Gasteiger partial charge >= 0.3 is 0 Å². The molecular formula is C19H25FN8O3. The molecule has 1 aliphatic heterocycles. The number of aliphatic imine (C=N–C) groups is 1. The zero-order valence-corrected chi connectivity index (χ0v) is 17.4. The number of ether oxygens (including phenoxy) is 1. The molecule has 2 aromatic rings. The Morgan fingerprint density at radius 1 is 1.42 bits per heavy atom. The third-order valence-electron chi connectivity index (χ3n) is 4.73. The molecule has 3 heterocycles. The highest BCUT2D eigenvalue weighted by Gasteiger charge is 2.27. The van der Waals surface area contributed by atoms with Crippen molar-refractivity contribution in [2.75, 3.05) is 63.8 Å². The summed E-state index contributed by atoms with van der Waals surface area (Å²) in [7, 11) is 3.10. The van der Waals surface area contributed by atoms with Crippen LogP contribution in [0.3, 0.4) is 0 Å². The predicted octanol–water partition coefficient (Wildman–Crippen LogP) is -0.154. The number of rotatable bonds is 7. The van der Waals surface area contributed by atoms with Gasteiger partial charge in [-0.2, -0.15) is 4.98 Å². The minimum absolute atomic E-state index is 0.0144. The summed E-state index contributed by atoms with van der Waals surface area (Å²) >= 11 is 0. The normalized spacial score (nSPS) is 15.3. The third kappa shape index (κ3) is 4.97. The van der Waals surface area contributed by atoms with Gasteiger partial charge in [0, 0.05) is 57.9 Å². The van der Waals surface area contributed by atoms with E-state index in [2.05, 4.69) is 20.4 Å². The fraction of sp³-hybridized carbons (Fsp3) is 0.421. The number of hydrogen-bond donors (Lipinski definition) is 2. The number of alkyl halides is 1. The fourth-order valence-corrected chi connectivity index (χ4v) is 3.06. The highest BCUT2D eigenvalue weighted by molar-refractivity contribution is 6.53. The van der Waals surface area contributed by atoms with Crippen LogP contribution in [0.2, 0.25) is 0 Å². The molecule has 0 radical (unpaired) electrons. The van der Waals surface area contributed by atoms with Gasteiger partial charge in [0.2, 0.25) is 5.95 Å². The molecular weight excluding hydrogens is 407 g/mol. The summed E-state index contributed by atoms with van der Waals surface area (Å²) in [6.45, 7) is 1.33. The molecule has 0 bridgehead atoms. The number of nitrogens with one attached hydrogen (secondary N) is 1. The fourth-order valence-electron chi connectivity index (χ4n) is 3.06. The van der Waals surface area contributed by atoms with Crippen molar-refractivity contribution in [3.8, 4) is 0 Å². The van der Waals surface area contributed by atoms with Gasteiger partial charge in [0.1, 0.15) is 12.4 Å². The Kier molecular flexibility index (Phi) is 7.13. The van der Waals surface area contributed by atoms with E-state index in [-0.39, 0.29) is 23.7 Å². The second kappa shape index (κ2) is 9.98. The average Bonchev–Trinajstić information content (AvgIpc) is 3.21. The molecule has 0 aliphatic carbocycles. The average molecular weight is 432 g/mol. The van der Waals surface area contributed by atoms with Gasteiger partial charge in [0.05, 0.1) is 18.8 Å². The number of aromatic nitrogens is 3. The van der Waals surface area contributed by atoms with Gasteiger partial charge in [-0.25, -0.2) is 8.91 Å². The molecule has 12 heteroatoms. The van der Waals surface area contributed by atoms with Crippen LogP contribution in [-0.2, 0) is 14.3 Å². The lowest BCUT2D eigenvalue weighted by Gasteiger charge is -2.27. The van der Waals surface area contributed by atoms with Crippen molar-refractivity contribution in [3.05, 3.63) is 30.1 Å². The number of nitrogens with two attached hydrogens (primary N) is 1. The first kappa shape index (κ1) is 22.2. The molecule has 166 valence electrons. The van der Waals surface area contributed by atoms with Crippen molar-refractivity contribution in [3.63, 3.8) is 0 Å². The van der Waals surface area contributed by atoms with E-state index in [0.29, 0.717) is 43.6 Å². The third-order valence-corrected chi connectivity index (χ3v) is 4.73. The number of carbonyl (C=O) groups is 2. The molecule has 0 saturated carbocycles. The smallest absolute Gasteiger partial charge is 0.274 e. The van der Waals surface area contributed by atoms with E-state index in [1.165, 1.54) is 11.6 Å². The van der Waals surface area contributed by atoms with Gasteiger partial charge in [-0.3, -0.25) is 14.6 Å². The van der Waals surface area contributed by atoms with Crippen molar-refractivity contribution in [1.29, 1.82) is 0 Å². The van der Waals surface area contributed by atoms with E-state index in [1.54, 1.807) is 35.2 Å².